The maximum absolute atomic E-state index is 3.66. The molecule has 2 heteroatoms. The summed E-state index contributed by atoms with van der Waals surface area (Å²) in [4.78, 5) is 2.53. The molecule has 0 bridgehead atoms. The minimum Gasteiger partial charge on any atom is -0.314 e. The first-order valence-corrected chi connectivity index (χ1v) is 6.77. The molecule has 0 aromatic carbocycles. The van der Waals surface area contributed by atoms with E-state index in [0.29, 0.717) is 0 Å². The number of nitrogens with one attached hydrogen (secondary N) is 1. The van der Waals surface area contributed by atoms with Gasteiger partial charge in [-0.1, -0.05) is 27.2 Å². The van der Waals surface area contributed by atoms with Gasteiger partial charge in [0.05, 0.1) is 0 Å². The predicted molar refractivity (Wildman–Crippen MR) is 67.2 cm³/mol. The van der Waals surface area contributed by atoms with Crippen molar-refractivity contribution in [3.8, 4) is 0 Å². The van der Waals surface area contributed by atoms with Gasteiger partial charge in [-0.2, -0.15) is 0 Å². The Labute approximate surface area is 95.4 Å². The average molecular weight is 212 g/mol. The Bertz CT molecular complexity index is 151. The van der Waals surface area contributed by atoms with Crippen molar-refractivity contribution in [2.24, 2.45) is 5.92 Å². The summed E-state index contributed by atoms with van der Waals surface area (Å²) in [7, 11) is 0. The molecule has 0 amide bonds. The van der Waals surface area contributed by atoms with Gasteiger partial charge in [0.2, 0.25) is 0 Å². The molecule has 1 atom stereocenters. The Hall–Kier alpha value is -0.0800. The molecule has 0 aromatic rings. The summed E-state index contributed by atoms with van der Waals surface area (Å²) in [6, 6.07) is 0.782. The van der Waals surface area contributed by atoms with Crippen molar-refractivity contribution >= 4 is 0 Å². The number of nitrogens with zero attached hydrogens (tertiary/aromatic N) is 1. The zero-order valence-corrected chi connectivity index (χ0v) is 10.8. The van der Waals surface area contributed by atoms with Crippen LogP contribution in [0.25, 0.3) is 0 Å². The van der Waals surface area contributed by atoms with E-state index in [1.54, 1.807) is 0 Å². The summed E-state index contributed by atoms with van der Waals surface area (Å²) in [6.07, 6.45) is 5.70. The number of rotatable bonds is 8. The molecule has 0 radical (unpaired) electrons. The Morgan fingerprint density at radius 3 is 2.27 bits per heavy atom. The molecule has 2 nitrogen and oxygen atoms in total. The molecule has 1 aliphatic rings. The van der Waals surface area contributed by atoms with Crippen molar-refractivity contribution in [3.05, 3.63) is 0 Å². The molecule has 0 spiro atoms. The highest BCUT2D eigenvalue weighted by Gasteiger charge is 2.26. The summed E-state index contributed by atoms with van der Waals surface area (Å²) in [5.41, 5.74) is 0. The van der Waals surface area contributed by atoms with Gasteiger partial charge in [-0.05, 0) is 51.4 Å². The minimum absolute atomic E-state index is 0.782. The molecule has 15 heavy (non-hydrogen) atoms. The lowest BCUT2D eigenvalue weighted by Gasteiger charge is -2.35. The van der Waals surface area contributed by atoms with E-state index >= 15 is 0 Å². The van der Waals surface area contributed by atoms with Crippen LogP contribution in [0.4, 0.5) is 0 Å². The van der Waals surface area contributed by atoms with E-state index in [0.717, 1.165) is 18.5 Å². The summed E-state index contributed by atoms with van der Waals surface area (Å²) in [5, 5.41) is 3.66. The fourth-order valence-electron chi connectivity index (χ4n) is 2.47. The first-order valence-electron chi connectivity index (χ1n) is 6.77. The van der Waals surface area contributed by atoms with Gasteiger partial charge in [0.25, 0.3) is 0 Å². The van der Waals surface area contributed by atoms with Crippen LogP contribution in [0.1, 0.15) is 46.5 Å². The van der Waals surface area contributed by atoms with Gasteiger partial charge in [0, 0.05) is 6.04 Å². The van der Waals surface area contributed by atoms with Crippen LogP contribution < -0.4 is 5.32 Å². The van der Waals surface area contributed by atoms with Crippen molar-refractivity contribution < 1.29 is 0 Å². The zero-order valence-electron chi connectivity index (χ0n) is 10.8. The van der Waals surface area contributed by atoms with E-state index in [1.165, 1.54) is 45.3 Å². The molecule has 0 saturated heterocycles. The van der Waals surface area contributed by atoms with Crippen molar-refractivity contribution in [1.29, 1.82) is 0 Å². The molecule has 0 aromatic heterocycles. The van der Waals surface area contributed by atoms with Gasteiger partial charge >= 0.3 is 0 Å². The lowest BCUT2D eigenvalue weighted by atomic mass is 9.78. The highest BCUT2D eigenvalue weighted by molar-refractivity contribution is 4.83. The smallest absolute Gasteiger partial charge is 0.0107 e. The summed E-state index contributed by atoms with van der Waals surface area (Å²) >= 11 is 0. The molecule has 0 aliphatic heterocycles. The quantitative estimate of drug-likeness (QED) is 0.665. The van der Waals surface area contributed by atoms with Gasteiger partial charge in [0.15, 0.2) is 0 Å². The van der Waals surface area contributed by atoms with Crippen molar-refractivity contribution in [2.75, 3.05) is 26.2 Å². The fraction of sp³-hybridized carbons (Fsp3) is 1.00. The molecular weight excluding hydrogens is 184 g/mol. The third-order valence-electron chi connectivity index (χ3n) is 3.84. The van der Waals surface area contributed by atoms with E-state index < -0.39 is 0 Å². The number of hydrogen-bond donors (Lipinski definition) is 1. The Balaban J connectivity index is 2.23. The maximum atomic E-state index is 3.66. The number of hydrogen-bond acceptors (Lipinski definition) is 2. The third-order valence-corrected chi connectivity index (χ3v) is 3.84. The molecule has 1 unspecified atom stereocenters. The van der Waals surface area contributed by atoms with Gasteiger partial charge in [-0.3, -0.25) is 0 Å². The normalized spacial score (nSPS) is 19.2. The van der Waals surface area contributed by atoms with Gasteiger partial charge in [-0.15, -0.1) is 0 Å². The molecule has 90 valence electrons. The van der Waals surface area contributed by atoms with E-state index in [1.807, 2.05) is 0 Å². The van der Waals surface area contributed by atoms with Crippen LogP contribution in [-0.2, 0) is 0 Å². The standard InChI is InChI=1S/C13H28N2/c1-4-14-13(12-8-7-9-12)10-11-15(5-2)6-3/h12-14H,4-11H2,1-3H3. The molecule has 1 saturated carbocycles. The first-order chi connectivity index (χ1) is 7.31. The molecule has 0 heterocycles. The van der Waals surface area contributed by atoms with E-state index in [2.05, 4.69) is 31.0 Å². The lowest BCUT2D eigenvalue weighted by molar-refractivity contribution is 0.196. The fourth-order valence-corrected chi connectivity index (χ4v) is 2.47. The third kappa shape index (κ3) is 4.12. The van der Waals surface area contributed by atoms with Gasteiger partial charge in [0.1, 0.15) is 0 Å². The van der Waals surface area contributed by atoms with E-state index in [9.17, 15) is 0 Å². The first kappa shape index (κ1) is 13.0. The Morgan fingerprint density at radius 2 is 1.87 bits per heavy atom. The van der Waals surface area contributed by atoms with Crippen LogP contribution in [-0.4, -0.2) is 37.1 Å². The highest BCUT2D eigenvalue weighted by Crippen LogP contribution is 2.30. The molecular formula is C13H28N2. The van der Waals surface area contributed by atoms with Gasteiger partial charge < -0.3 is 10.2 Å². The van der Waals surface area contributed by atoms with Crippen molar-refractivity contribution in [2.45, 2.75) is 52.5 Å². The second kappa shape index (κ2) is 7.24. The molecule has 1 rings (SSSR count). The van der Waals surface area contributed by atoms with E-state index in [-0.39, 0.29) is 0 Å². The second-order valence-electron chi connectivity index (χ2n) is 4.67. The van der Waals surface area contributed by atoms with E-state index in [4.69, 9.17) is 0 Å². The monoisotopic (exact) mass is 212 g/mol. The Kier molecular flexibility index (Phi) is 6.26. The largest absolute Gasteiger partial charge is 0.314 e. The van der Waals surface area contributed by atoms with Crippen LogP contribution in [0, 0.1) is 5.92 Å². The topological polar surface area (TPSA) is 15.3 Å². The lowest BCUT2D eigenvalue weighted by Crippen LogP contribution is -2.42. The van der Waals surface area contributed by atoms with Gasteiger partial charge in [-0.25, -0.2) is 0 Å². The summed E-state index contributed by atoms with van der Waals surface area (Å²) in [5.74, 6) is 0.973. The zero-order chi connectivity index (χ0) is 11.1. The highest BCUT2D eigenvalue weighted by atomic mass is 15.1. The van der Waals surface area contributed by atoms with Crippen molar-refractivity contribution in [3.63, 3.8) is 0 Å². The van der Waals surface area contributed by atoms with Crippen molar-refractivity contribution in [1.82, 2.24) is 10.2 Å². The maximum Gasteiger partial charge on any atom is 0.0107 e. The summed E-state index contributed by atoms with van der Waals surface area (Å²) in [6.45, 7) is 11.5. The van der Waals surface area contributed by atoms with Crippen LogP contribution >= 0.6 is 0 Å². The van der Waals surface area contributed by atoms with Crippen LogP contribution in [0.15, 0.2) is 0 Å². The Morgan fingerprint density at radius 1 is 1.20 bits per heavy atom. The van der Waals surface area contributed by atoms with Crippen LogP contribution in [0.5, 0.6) is 0 Å². The minimum atomic E-state index is 0.782. The summed E-state index contributed by atoms with van der Waals surface area (Å²) < 4.78 is 0. The molecule has 1 N–H and O–H groups in total. The molecule has 1 fully saturated rings. The SMILES string of the molecule is CCNC(CCN(CC)CC)C1CCC1. The van der Waals surface area contributed by atoms with Crippen LogP contribution in [0.3, 0.4) is 0 Å². The average Bonchev–Trinajstić information content (AvgIpc) is 2.17. The predicted octanol–water partition coefficient (Wildman–Crippen LogP) is 2.50. The second-order valence-corrected chi connectivity index (χ2v) is 4.67. The molecule has 1 aliphatic carbocycles. The van der Waals surface area contributed by atoms with Crippen LogP contribution in [0.2, 0.25) is 0 Å².